The number of rotatable bonds is 5. The maximum absolute atomic E-state index is 13.6. The first-order chi connectivity index (χ1) is 10.1. The van der Waals surface area contributed by atoms with Crippen molar-refractivity contribution in [2.24, 2.45) is 0 Å². The number of hydrogen-bond donors (Lipinski definition) is 1. The second-order valence-corrected chi connectivity index (χ2v) is 6.17. The van der Waals surface area contributed by atoms with Gasteiger partial charge in [0.05, 0.1) is 16.4 Å². The van der Waals surface area contributed by atoms with Crippen molar-refractivity contribution in [2.75, 3.05) is 12.3 Å². The van der Waals surface area contributed by atoms with Crippen LogP contribution >= 0.6 is 0 Å². The van der Waals surface area contributed by atoms with Gasteiger partial charge >= 0.3 is 0 Å². The summed E-state index contributed by atoms with van der Waals surface area (Å²) in [6.45, 7) is 2.02. The van der Waals surface area contributed by atoms with Gasteiger partial charge in [0, 0.05) is 17.2 Å². The molecule has 0 aliphatic carbocycles. The highest BCUT2D eigenvalue weighted by molar-refractivity contribution is 7.85. The van der Waals surface area contributed by atoms with Gasteiger partial charge in [-0.2, -0.15) is 0 Å². The highest BCUT2D eigenvalue weighted by Crippen LogP contribution is 2.10. The van der Waals surface area contributed by atoms with Crippen LogP contribution in [0.15, 0.2) is 53.4 Å². The molecule has 0 heterocycles. The number of nitrogens with one attached hydrogen (secondary N) is 1. The molecule has 0 spiro atoms. The molecule has 2 aromatic carbocycles. The Kier molecular flexibility index (Phi) is 5.22. The highest BCUT2D eigenvalue weighted by atomic mass is 32.2. The molecule has 5 heteroatoms. The van der Waals surface area contributed by atoms with E-state index in [4.69, 9.17) is 0 Å². The first-order valence-corrected chi connectivity index (χ1v) is 7.87. The molecule has 0 unspecified atom stereocenters. The monoisotopic (exact) mass is 305 g/mol. The summed E-state index contributed by atoms with van der Waals surface area (Å²) < 4.78 is 25.5. The Labute approximate surface area is 125 Å². The van der Waals surface area contributed by atoms with E-state index in [9.17, 15) is 13.4 Å². The lowest BCUT2D eigenvalue weighted by atomic mass is 10.1. The molecule has 0 saturated heterocycles. The van der Waals surface area contributed by atoms with Crippen LogP contribution in [0.5, 0.6) is 0 Å². The molecular weight excluding hydrogens is 289 g/mol. The number of hydrogen-bond acceptors (Lipinski definition) is 2. The Morgan fingerprint density at radius 3 is 2.62 bits per heavy atom. The number of carbonyl (C=O) groups is 1. The van der Waals surface area contributed by atoms with Gasteiger partial charge in [-0.05, 0) is 31.2 Å². The van der Waals surface area contributed by atoms with Gasteiger partial charge in [0.1, 0.15) is 5.82 Å². The van der Waals surface area contributed by atoms with E-state index in [-0.39, 0.29) is 12.1 Å². The first-order valence-electron chi connectivity index (χ1n) is 6.55. The van der Waals surface area contributed by atoms with Gasteiger partial charge < -0.3 is 5.32 Å². The predicted molar refractivity (Wildman–Crippen MR) is 81.2 cm³/mol. The lowest BCUT2D eigenvalue weighted by Crippen LogP contribution is -2.28. The molecule has 0 saturated carbocycles. The van der Waals surface area contributed by atoms with Crippen LogP contribution in [0, 0.1) is 12.7 Å². The molecule has 0 radical (unpaired) electrons. The van der Waals surface area contributed by atoms with Crippen LogP contribution in [0.2, 0.25) is 0 Å². The summed E-state index contributed by atoms with van der Waals surface area (Å²) in [4.78, 5) is 12.6. The van der Waals surface area contributed by atoms with Gasteiger partial charge in [0.15, 0.2) is 0 Å². The smallest absolute Gasteiger partial charge is 0.254 e. The van der Waals surface area contributed by atoms with E-state index in [0.29, 0.717) is 10.6 Å². The Morgan fingerprint density at radius 2 is 1.90 bits per heavy atom. The minimum Gasteiger partial charge on any atom is -0.351 e. The third kappa shape index (κ3) is 4.23. The van der Waals surface area contributed by atoms with Crippen molar-refractivity contribution >= 4 is 16.7 Å². The van der Waals surface area contributed by atoms with E-state index in [1.165, 1.54) is 12.1 Å². The standard InChI is InChI=1S/C16H16FNO2S/c1-12-7-8-15(17)14(11-12)16(19)18-9-10-21(20)13-5-3-2-4-6-13/h2-8,11H,9-10H2,1H3,(H,18,19)/t21-/m1/s1. The van der Waals surface area contributed by atoms with Gasteiger partial charge in [-0.15, -0.1) is 0 Å². The van der Waals surface area contributed by atoms with Gasteiger partial charge in [-0.3, -0.25) is 9.00 Å². The lowest BCUT2D eigenvalue weighted by molar-refractivity contribution is 0.0952. The molecule has 1 N–H and O–H groups in total. The maximum atomic E-state index is 13.6. The SMILES string of the molecule is Cc1ccc(F)c(C(=O)NCC[S@@](=O)c2ccccc2)c1. The molecule has 1 amide bonds. The Bertz CT molecular complexity index is 659. The van der Waals surface area contributed by atoms with Crippen molar-refractivity contribution in [3.8, 4) is 0 Å². The van der Waals surface area contributed by atoms with Crippen LogP contribution < -0.4 is 5.32 Å². The molecule has 2 rings (SSSR count). The average Bonchev–Trinajstić information content (AvgIpc) is 2.50. The molecule has 2 aromatic rings. The summed E-state index contributed by atoms with van der Waals surface area (Å²) in [7, 11) is -1.17. The fraction of sp³-hybridized carbons (Fsp3) is 0.188. The van der Waals surface area contributed by atoms with Crippen molar-refractivity contribution in [1.29, 1.82) is 0 Å². The number of aryl methyl sites for hydroxylation is 1. The van der Waals surface area contributed by atoms with Crippen molar-refractivity contribution in [1.82, 2.24) is 5.32 Å². The van der Waals surface area contributed by atoms with Crippen molar-refractivity contribution < 1.29 is 13.4 Å². The molecule has 0 aliphatic heterocycles. The van der Waals surface area contributed by atoms with Crippen molar-refractivity contribution in [3.63, 3.8) is 0 Å². The Morgan fingerprint density at radius 1 is 1.19 bits per heavy atom. The van der Waals surface area contributed by atoms with Gasteiger partial charge in [0.25, 0.3) is 5.91 Å². The van der Waals surface area contributed by atoms with E-state index >= 15 is 0 Å². The fourth-order valence-electron chi connectivity index (χ4n) is 1.86. The second-order valence-electron chi connectivity index (χ2n) is 4.60. The average molecular weight is 305 g/mol. The number of amides is 1. The summed E-state index contributed by atoms with van der Waals surface area (Å²) in [6.07, 6.45) is 0. The van der Waals surface area contributed by atoms with Crippen LogP contribution in [0.25, 0.3) is 0 Å². The molecule has 0 aliphatic rings. The summed E-state index contributed by atoms with van der Waals surface area (Å²) in [5.41, 5.74) is 0.829. The van der Waals surface area contributed by atoms with Crippen LogP contribution in [-0.4, -0.2) is 22.4 Å². The summed E-state index contributed by atoms with van der Waals surface area (Å²) in [5, 5.41) is 2.60. The molecule has 0 bridgehead atoms. The van der Waals surface area contributed by atoms with Crippen molar-refractivity contribution in [2.45, 2.75) is 11.8 Å². The van der Waals surface area contributed by atoms with E-state index in [2.05, 4.69) is 5.32 Å². The zero-order chi connectivity index (χ0) is 15.2. The van der Waals surface area contributed by atoms with E-state index < -0.39 is 22.5 Å². The highest BCUT2D eigenvalue weighted by Gasteiger charge is 2.12. The first kappa shape index (κ1) is 15.4. The number of carbonyl (C=O) groups excluding carboxylic acids is 1. The van der Waals surface area contributed by atoms with E-state index in [1.807, 2.05) is 18.2 Å². The quantitative estimate of drug-likeness (QED) is 0.923. The predicted octanol–water partition coefficient (Wildman–Crippen LogP) is 2.67. The molecule has 1 atom stereocenters. The van der Waals surface area contributed by atoms with E-state index in [1.54, 1.807) is 25.1 Å². The number of halogens is 1. The fourth-order valence-corrected chi connectivity index (χ4v) is 2.84. The normalized spacial score (nSPS) is 11.9. The lowest BCUT2D eigenvalue weighted by Gasteiger charge is -2.07. The zero-order valence-corrected chi connectivity index (χ0v) is 12.5. The summed E-state index contributed by atoms with van der Waals surface area (Å²) in [5.74, 6) is -0.744. The minimum absolute atomic E-state index is 0.0143. The Balaban J connectivity index is 1.90. The van der Waals surface area contributed by atoms with E-state index in [0.717, 1.165) is 5.56 Å². The van der Waals surface area contributed by atoms with Crippen LogP contribution in [0.4, 0.5) is 4.39 Å². The van der Waals surface area contributed by atoms with Crippen LogP contribution in [0.1, 0.15) is 15.9 Å². The van der Waals surface area contributed by atoms with Crippen LogP contribution in [-0.2, 0) is 10.8 Å². The molecule has 110 valence electrons. The van der Waals surface area contributed by atoms with Gasteiger partial charge in [0.2, 0.25) is 0 Å². The van der Waals surface area contributed by atoms with Crippen LogP contribution in [0.3, 0.4) is 0 Å². The Hall–Kier alpha value is -2.01. The van der Waals surface area contributed by atoms with Crippen molar-refractivity contribution in [3.05, 3.63) is 65.5 Å². The topological polar surface area (TPSA) is 46.2 Å². The third-order valence-corrected chi connectivity index (χ3v) is 4.32. The zero-order valence-electron chi connectivity index (χ0n) is 11.6. The van der Waals surface area contributed by atoms with Gasteiger partial charge in [-0.1, -0.05) is 29.8 Å². The third-order valence-electron chi connectivity index (χ3n) is 2.95. The molecule has 21 heavy (non-hydrogen) atoms. The molecular formula is C16H16FNO2S. The number of benzene rings is 2. The molecule has 0 fully saturated rings. The summed E-state index contributed by atoms with van der Waals surface area (Å²) in [6, 6.07) is 13.4. The summed E-state index contributed by atoms with van der Waals surface area (Å²) >= 11 is 0. The maximum Gasteiger partial charge on any atom is 0.254 e. The second kappa shape index (κ2) is 7.13. The van der Waals surface area contributed by atoms with Gasteiger partial charge in [-0.25, -0.2) is 4.39 Å². The molecule has 0 aromatic heterocycles. The molecule has 3 nitrogen and oxygen atoms in total. The minimum atomic E-state index is -1.17. The largest absolute Gasteiger partial charge is 0.351 e.